The van der Waals surface area contributed by atoms with Crippen molar-refractivity contribution in [2.45, 2.75) is 13.0 Å². The Morgan fingerprint density at radius 1 is 1.64 bits per heavy atom. The summed E-state index contributed by atoms with van der Waals surface area (Å²) in [6.45, 7) is 1.81. The van der Waals surface area contributed by atoms with E-state index >= 15 is 0 Å². The van der Waals surface area contributed by atoms with Gasteiger partial charge in [0.1, 0.15) is 0 Å². The zero-order valence-electron chi connectivity index (χ0n) is 7.88. The van der Waals surface area contributed by atoms with E-state index in [0.717, 1.165) is 16.9 Å². The van der Waals surface area contributed by atoms with Crippen LogP contribution < -0.4 is 5.73 Å². The third-order valence-corrected chi connectivity index (χ3v) is 2.08. The topological polar surface area (TPSA) is 76.4 Å². The predicted molar refractivity (Wildman–Crippen MR) is 51.7 cm³/mol. The molecular weight excluding hydrogens is 180 g/mol. The van der Waals surface area contributed by atoms with Gasteiger partial charge in [-0.15, -0.1) is 0 Å². The number of aliphatic hydroxyl groups excluding tert-OH is 1. The molecule has 0 aliphatic carbocycles. The molecule has 2 rings (SSSR count). The van der Waals surface area contributed by atoms with Crippen LogP contribution in [0.1, 0.15) is 17.3 Å². The number of nitrogens with zero attached hydrogens (tertiary/aromatic N) is 3. The number of hydrogen-bond acceptors (Lipinski definition) is 4. The standard InChI is InChI=1S/C9H12N4O/c1-6-2-9-11-3-7(8(10)5-14)4-13(9)12-6/h2-4,8,14H,5,10H2,1H3. The molecule has 0 aromatic carbocycles. The molecular formula is C9H12N4O. The Labute approximate surface area is 81.2 Å². The number of aliphatic hydroxyl groups is 1. The van der Waals surface area contributed by atoms with Gasteiger partial charge >= 0.3 is 0 Å². The lowest BCUT2D eigenvalue weighted by Crippen LogP contribution is -2.15. The Morgan fingerprint density at radius 2 is 2.43 bits per heavy atom. The summed E-state index contributed by atoms with van der Waals surface area (Å²) in [5.74, 6) is 0. The van der Waals surface area contributed by atoms with Gasteiger partial charge in [-0.25, -0.2) is 9.50 Å². The summed E-state index contributed by atoms with van der Waals surface area (Å²) < 4.78 is 1.67. The van der Waals surface area contributed by atoms with E-state index in [9.17, 15) is 0 Å². The van der Waals surface area contributed by atoms with Gasteiger partial charge < -0.3 is 10.8 Å². The summed E-state index contributed by atoms with van der Waals surface area (Å²) in [6, 6.07) is 1.49. The molecule has 2 aromatic rings. The van der Waals surface area contributed by atoms with Crippen molar-refractivity contribution >= 4 is 5.65 Å². The molecule has 2 aromatic heterocycles. The van der Waals surface area contributed by atoms with Gasteiger partial charge in [0.15, 0.2) is 5.65 Å². The lowest BCUT2D eigenvalue weighted by atomic mass is 10.2. The first-order valence-electron chi connectivity index (χ1n) is 4.39. The van der Waals surface area contributed by atoms with Crippen molar-refractivity contribution in [3.05, 3.63) is 29.7 Å². The normalized spacial score (nSPS) is 13.4. The van der Waals surface area contributed by atoms with E-state index in [2.05, 4.69) is 10.1 Å². The predicted octanol–water partition coefficient (Wildman–Crippen LogP) is 0.0298. The first kappa shape index (κ1) is 9.11. The summed E-state index contributed by atoms with van der Waals surface area (Å²) in [5, 5.41) is 13.1. The van der Waals surface area contributed by atoms with Crippen molar-refractivity contribution in [3.63, 3.8) is 0 Å². The maximum atomic E-state index is 8.88. The van der Waals surface area contributed by atoms with Crippen LogP contribution in [0.4, 0.5) is 0 Å². The van der Waals surface area contributed by atoms with Crippen molar-refractivity contribution in [1.82, 2.24) is 14.6 Å². The van der Waals surface area contributed by atoms with Gasteiger partial charge in [-0.05, 0) is 6.92 Å². The van der Waals surface area contributed by atoms with Crippen LogP contribution in [0.2, 0.25) is 0 Å². The van der Waals surface area contributed by atoms with E-state index in [-0.39, 0.29) is 6.61 Å². The van der Waals surface area contributed by atoms with Crippen molar-refractivity contribution < 1.29 is 5.11 Å². The monoisotopic (exact) mass is 192 g/mol. The minimum atomic E-state index is -0.392. The summed E-state index contributed by atoms with van der Waals surface area (Å²) in [7, 11) is 0. The van der Waals surface area contributed by atoms with Gasteiger partial charge in [0.05, 0.1) is 18.3 Å². The fraction of sp³-hybridized carbons (Fsp3) is 0.333. The molecule has 0 amide bonds. The van der Waals surface area contributed by atoms with Gasteiger partial charge in [0.25, 0.3) is 0 Å². The lowest BCUT2D eigenvalue weighted by molar-refractivity contribution is 0.267. The fourth-order valence-electron chi connectivity index (χ4n) is 1.31. The maximum absolute atomic E-state index is 8.88. The first-order valence-corrected chi connectivity index (χ1v) is 4.39. The van der Waals surface area contributed by atoms with Gasteiger partial charge in [0, 0.05) is 24.0 Å². The summed E-state index contributed by atoms with van der Waals surface area (Å²) in [6.07, 6.45) is 3.45. The van der Waals surface area contributed by atoms with Gasteiger partial charge in [-0.3, -0.25) is 0 Å². The molecule has 0 aliphatic heterocycles. The van der Waals surface area contributed by atoms with Crippen molar-refractivity contribution in [3.8, 4) is 0 Å². The number of nitrogens with two attached hydrogens (primary N) is 1. The third kappa shape index (κ3) is 1.47. The second-order valence-corrected chi connectivity index (χ2v) is 3.26. The number of rotatable bonds is 2. The number of aromatic nitrogens is 3. The fourth-order valence-corrected chi connectivity index (χ4v) is 1.31. The minimum Gasteiger partial charge on any atom is -0.394 e. The molecule has 5 heteroatoms. The van der Waals surface area contributed by atoms with E-state index in [1.54, 1.807) is 16.9 Å². The Morgan fingerprint density at radius 3 is 3.14 bits per heavy atom. The van der Waals surface area contributed by atoms with Crippen LogP contribution in [-0.4, -0.2) is 26.3 Å². The van der Waals surface area contributed by atoms with Crippen LogP contribution in [0.15, 0.2) is 18.5 Å². The lowest BCUT2D eigenvalue weighted by Gasteiger charge is -2.07. The van der Waals surface area contributed by atoms with Gasteiger partial charge in [-0.2, -0.15) is 5.10 Å². The average Bonchev–Trinajstić information content (AvgIpc) is 2.55. The van der Waals surface area contributed by atoms with E-state index in [1.807, 2.05) is 13.0 Å². The highest BCUT2D eigenvalue weighted by molar-refractivity contribution is 5.39. The largest absolute Gasteiger partial charge is 0.394 e. The minimum absolute atomic E-state index is 0.0898. The number of hydrogen-bond donors (Lipinski definition) is 2. The Kier molecular flexibility index (Phi) is 2.18. The molecule has 0 fully saturated rings. The van der Waals surface area contributed by atoms with Crippen molar-refractivity contribution in [1.29, 1.82) is 0 Å². The smallest absolute Gasteiger partial charge is 0.155 e. The van der Waals surface area contributed by atoms with E-state index in [0.29, 0.717) is 0 Å². The third-order valence-electron chi connectivity index (χ3n) is 2.08. The Hall–Kier alpha value is -1.46. The van der Waals surface area contributed by atoms with E-state index < -0.39 is 6.04 Å². The van der Waals surface area contributed by atoms with Crippen LogP contribution in [0.5, 0.6) is 0 Å². The quantitative estimate of drug-likeness (QED) is 0.703. The molecule has 1 unspecified atom stereocenters. The van der Waals surface area contributed by atoms with E-state index in [4.69, 9.17) is 10.8 Å². The Bertz CT molecular complexity index is 451. The van der Waals surface area contributed by atoms with Crippen LogP contribution in [0, 0.1) is 6.92 Å². The van der Waals surface area contributed by atoms with Crippen molar-refractivity contribution in [2.24, 2.45) is 5.73 Å². The molecule has 0 spiro atoms. The SMILES string of the molecule is Cc1cc2ncc(C(N)CO)cn2n1. The molecule has 74 valence electrons. The molecule has 2 heterocycles. The van der Waals surface area contributed by atoms with Crippen LogP contribution in [0.3, 0.4) is 0 Å². The molecule has 0 saturated carbocycles. The second-order valence-electron chi connectivity index (χ2n) is 3.26. The second kappa shape index (κ2) is 3.36. The molecule has 1 atom stereocenters. The average molecular weight is 192 g/mol. The summed E-state index contributed by atoms with van der Waals surface area (Å²) in [4.78, 5) is 4.18. The van der Waals surface area contributed by atoms with Crippen LogP contribution in [-0.2, 0) is 0 Å². The molecule has 5 nitrogen and oxygen atoms in total. The van der Waals surface area contributed by atoms with Crippen molar-refractivity contribution in [2.75, 3.05) is 6.61 Å². The maximum Gasteiger partial charge on any atom is 0.155 e. The first-order chi connectivity index (χ1) is 6.70. The zero-order chi connectivity index (χ0) is 10.1. The van der Waals surface area contributed by atoms with Crippen LogP contribution >= 0.6 is 0 Å². The Balaban J connectivity index is 2.50. The highest BCUT2D eigenvalue weighted by atomic mass is 16.3. The molecule has 3 N–H and O–H groups in total. The molecule has 0 bridgehead atoms. The molecule has 14 heavy (non-hydrogen) atoms. The molecule has 0 aliphatic rings. The van der Waals surface area contributed by atoms with Gasteiger partial charge in [0.2, 0.25) is 0 Å². The number of fused-ring (bicyclic) bond motifs is 1. The van der Waals surface area contributed by atoms with Gasteiger partial charge in [-0.1, -0.05) is 0 Å². The highest BCUT2D eigenvalue weighted by Gasteiger charge is 2.06. The van der Waals surface area contributed by atoms with Crippen LogP contribution in [0.25, 0.3) is 5.65 Å². The highest BCUT2D eigenvalue weighted by Crippen LogP contribution is 2.09. The zero-order valence-corrected chi connectivity index (χ0v) is 7.88. The van der Waals surface area contributed by atoms with E-state index in [1.165, 1.54) is 0 Å². The summed E-state index contributed by atoms with van der Waals surface area (Å²) in [5.41, 5.74) is 8.14. The molecule has 0 saturated heterocycles. The summed E-state index contributed by atoms with van der Waals surface area (Å²) >= 11 is 0. The number of aryl methyl sites for hydroxylation is 1. The molecule has 0 radical (unpaired) electrons.